The van der Waals surface area contributed by atoms with Crippen molar-refractivity contribution in [2.75, 3.05) is 5.32 Å². The van der Waals surface area contributed by atoms with E-state index in [-0.39, 0.29) is 10.7 Å². The molecule has 0 spiro atoms. The summed E-state index contributed by atoms with van der Waals surface area (Å²) in [6, 6.07) is 7.72. The van der Waals surface area contributed by atoms with E-state index in [0.717, 1.165) is 15.7 Å². The molecule has 0 unspecified atom stereocenters. The van der Waals surface area contributed by atoms with E-state index in [9.17, 15) is 4.79 Å². The maximum absolute atomic E-state index is 11.5. The number of alkyl halides is 1. The van der Waals surface area contributed by atoms with Crippen molar-refractivity contribution in [3.63, 3.8) is 0 Å². The SMILES string of the molecule is CC[C@@H](Br)C(=O)Nc1ccc(I)cc1. The lowest BCUT2D eigenvalue weighted by Crippen LogP contribution is -2.21. The van der Waals surface area contributed by atoms with E-state index < -0.39 is 0 Å². The van der Waals surface area contributed by atoms with Crippen molar-refractivity contribution in [3.8, 4) is 0 Å². The van der Waals surface area contributed by atoms with Crippen molar-refractivity contribution in [3.05, 3.63) is 27.8 Å². The van der Waals surface area contributed by atoms with Crippen LogP contribution in [0.25, 0.3) is 0 Å². The number of benzene rings is 1. The molecule has 0 aliphatic heterocycles. The third kappa shape index (κ3) is 3.57. The molecule has 0 aliphatic rings. The highest BCUT2D eigenvalue weighted by Gasteiger charge is 2.11. The maximum atomic E-state index is 11.5. The molecule has 1 atom stereocenters. The molecule has 14 heavy (non-hydrogen) atoms. The van der Waals surface area contributed by atoms with Crippen LogP contribution in [0.3, 0.4) is 0 Å². The van der Waals surface area contributed by atoms with Gasteiger partial charge < -0.3 is 5.32 Å². The van der Waals surface area contributed by atoms with Gasteiger partial charge in [0.1, 0.15) is 0 Å². The first-order valence-electron chi connectivity index (χ1n) is 4.34. The van der Waals surface area contributed by atoms with Crippen LogP contribution >= 0.6 is 38.5 Å². The second kappa shape index (κ2) is 5.70. The number of carbonyl (C=O) groups excluding carboxylic acids is 1. The molecule has 1 N–H and O–H groups in total. The normalized spacial score (nSPS) is 12.2. The van der Waals surface area contributed by atoms with Gasteiger partial charge in [-0.05, 0) is 53.3 Å². The fourth-order valence-corrected chi connectivity index (χ4v) is 1.41. The minimum Gasteiger partial charge on any atom is -0.325 e. The number of amides is 1. The molecule has 0 aromatic heterocycles. The van der Waals surface area contributed by atoms with Gasteiger partial charge in [-0.2, -0.15) is 0 Å². The van der Waals surface area contributed by atoms with Crippen LogP contribution in [0.4, 0.5) is 5.69 Å². The van der Waals surface area contributed by atoms with Gasteiger partial charge in [-0.25, -0.2) is 0 Å². The van der Waals surface area contributed by atoms with Crippen LogP contribution in [-0.2, 0) is 4.79 Å². The first kappa shape index (κ1) is 12.0. The van der Waals surface area contributed by atoms with Crippen LogP contribution in [0.2, 0.25) is 0 Å². The Labute approximate surface area is 106 Å². The lowest BCUT2D eigenvalue weighted by Gasteiger charge is -2.08. The van der Waals surface area contributed by atoms with E-state index in [2.05, 4.69) is 43.8 Å². The summed E-state index contributed by atoms with van der Waals surface area (Å²) in [4.78, 5) is 11.4. The molecule has 1 amide bonds. The Balaban J connectivity index is 2.60. The van der Waals surface area contributed by atoms with Crippen LogP contribution < -0.4 is 5.32 Å². The predicted molar refractivity (Wildman–Crippen MR) is 70.8 cm³/mol. The van der Waals surface area contributed by atoms with Crippen LogP contribution in [0, 0.1) is 3.57 Å². The molecule has 0 bridgehead atoms. The molecule has 1 rings (SSSR count). The molecule has 1 aromatic carbocycles. The third-order valence-corrected chi connectivity index (χ3v) is 3.54. The monoisotopic (exact) mass is 367 g/mol. The van der Waals surface area contributed by atoms with Crippen LogP contribution in [0.15, 0.2) is 24.3 Å². The lowest BCUT2D eigenvalue weighted by atomic mass is 10.3. The van der Waals surface area contributed by atoms with E-state index in [1.807, 2.05) is 31.2 Å². The van der Waals surface area contributed by atoms with Gasteiger partial charge in [0.2, 0.25) is 5.91 Å². The van der Waals surface area contributed by atoms with Gasteiger partial charge in [0.05, 0.1) is 4.83 Å². The maximum Gasteiger partial charge on any atom is 0.238 e. The molecule has 0 fully saturated rings. The van der Waals surface area contributed by atoms with Gasteiger partial charge in [-0.1, -0.05) is 22.9 Å². The van der Waals surface area contributed by atoms with Gasteiger partial charge in [0, 0.05) is 9.26 Å². The molecule has 1 aromatic rings. The molecular weight excluding hydrogens is 357 g/mol. The van der Waals surface area contributed by atoms with E-state index in [1.165, 1.54) is 0 Å². The summed E-state index contributed by atoms with van der Waals surface area (Å²) in [5, 5.41) is 2.83. The molecule has 0 saturated heterocycles. The Morgan fingerprint density at radius 1 is 1.50 bits per heavy atom. The number of hydrogen-bond acceptors (Lipinski definition) is 1. The summed E-state index contributed by atoms with van der Waals surface area (Å²) in [7, 11) is 0. The van der Waals surface area contributed by atoms with Crippen molar-refractivity contribution in [1.29, 1.82) is 0 Å². The number of carbonyl (C=O) groups is 1. The van der Waals surface area contributed by atoms with Gasteiger partial charge >= 0.3 is 0 Å². The van der Waals surface area contributed by atoms with Gasteiger partial charge in [0.15, 0.2) is 0 Å². The van der Waals surface area contributed by atoms with Crippen LogP contribution in [0.5, 0.6) is 0 Å². The Morgan fingerprint density at radius 2 is 2.07 bits per heavy atom. The first-order chi connectivity index (χ1) is 6.63. The minimum atomic E-state index is -0.109. The van der Waals surface area contributed by atoms with Gasteiger partial charge in [0.25, 0.3) is 0 Å². The largest absolute Gasteiger partial charge is 0.325 e. The fraction of sp³-hybridized carbons (Fsp3) is 0.300. The average molecular weight is 368 g/mol. The number of halogens is 2. The van der Waals surface area contributed by atoms with Crippen molar-refractivity contribution < 1.29 is 4.79 Å². The summed E-state index contributed by atoms with van der Waals surface area (Å²) in [5.41, 5.74) is 0.841. The zero-order valence-corrected chi connectivity index (χ0v) is 11.5. The summed E-state index contributed by atoms with van der Waals surface area (Å²) >= 11 is 5.53. The van der Waals surface area contributed by atoms with Crippen molar-refractivity contribution in [2.45, 2.75) is 18.2 Å². The van der Waals surface area contributed by atoms with E-state index in [4.69, 9.17) is 0 Å². The summed E-state index contributed by atoms with van der Waals surface area (Å²) in [5.74, 6) is 0.00806. The second-order valence-corrected chi connectivity index (χ2v) is 5.22. The van der Waals surface area contributed by atoms with Crippen LogP contribution in [-0.4, -0.2) is 10.7 Å². The van der Waals surface area contributed by atoms with Crippen molar-refractivity contribution in [2.24, 2.45) is 0 Å². The van der Waals surface area contributed by atoms with Gasteiger partial charge in [-0.3, -0.25) is 4.79 Å². The minimum absolute atomic E-state index is 0.00806. The highest BCUT2D eigenvalue weighted by atomic mass is 127. The standard InChI is InChI=1S/C10H11BrINO/c1-2-9(11)10(14)13-8-5-3-7(12)4-6-8/h3-6,9H,2H2,1H3,(H,13,14)/t9-/m1/s1. The highest BCUT2D eigenvalue weighted by Crippen LogP contribution is 2.13. The van der Waals surface area contributed by atoms with Crippen LogP contribution in [0.1, 0.15) is 13.3 Å². The Kier molecular flexibility index (Phi) is 4.88. The van der Waals surface area contributed by atoms with Crippen molar-refractivity contribution in [1.82, 2.24) is 0 Å². The zero-order chi connectivity index (χ0) is 10.6. The highest BCUT2D eigenvalue weighted by molar-refractivity contribution is 14.1. The fourth-order valence-electron chi connectivity index (χ4n) is 0.939. The molecule has 76 valence electrons. The van der Waals surface area contributed by atoms with Crippen molar-refractivity contribution >= 4 is 50.1 Å². The molecule has 0 radical (unpaired) electrons. The van der Waals surface area contributed by atoms with E-state index in [1.54, 1.807) is 0 Å². The van der Waals surface area contributed by atoms with E-state index in [0.29, 0.717) is 0 Å². The first-order valence-corrected chi connectivity index (χ1v) is 6.33. The predicted octanol–water partition coefficient (Wildman–Crippen LogP) is 3.40. The molecule has 0 heterocycles. The summed E-state index contributed by atoms with van der Waals surface area (Å²) in [6.45, 7) is 1.97. The molecule has 4 heteroatoms. The number of anilines is 1. The number of nitrogens with one attached hydrogen (secondary N) is 1. The molecule has 0 aliphatic carbocycles. The topological polar surface area (TPSA) is 29.1 Å². The quantitative estimate of drug-likeness (QED) is 0.643. The molecular formula is C10H11BrINO. The summed E-state index contributed by atoms with van der Waals surface area (Å²) < 4.78 is 1.16. The third-order valence-electron chi connectivity index (χ3n) is 1.75. The Bertz CT molecular complexity index is 312. The lowest BCUT2D eigenvalue weighted by molar-refractivity contribution is -0.115. The summed E-state index contributed by atoms with van der Waals surface area (Å²) in [6.07, 6.45) is 0.788. The molecule has 2 nitrogen and oxygen atoms in total. The zero-order valence-electron chi connectivity index (χ0n) is 7.76. The number of rotatable bonds is 3. The molecule has 0 saturated carbocycles. The average Bonchev–Trinajstić information content (AvgIpc) is 2.20. The second-order valence-electron chi connectivity index (χ2n) is 2.87. The Morgan fingerprint density at radius 3 is 2.57 bits per heavy atom. The Hall–Kier alpha value is -0.100. The smallest absolute Gasteiger partial charge is 0.238 e. The number of hydrogen-bond donors (Lipinski definition) is 1. The van der Waals surface area contributed by atoms with Gasteiger partial charge in [-0.15, -0.1) is 0 Å². The van der Waals surface area contributed by atoms with E-state index >= 15 is 0 Å².